The van der Waals surface area contributed by atoms with E-state index in [2.05, 4.69) is 5.32 Å². The fourth-order valence-corrected chi connectivity index (χ4v) is 5.88. The third-order valence-electron chi connectivity index (χ3n) is 7.31. The normalized spacial score (nSPS) is 12.4. The minimum atomic E-state index is -4.48. The highest BCUT2D eigenvalue weighted by atomic mass is 32.2. The van der Waals surface area contributed by atoms with Crippen molar-refractivity contribution in [2.45, 2.75) is 50.7 Å². The lowest BCUT2D eigenvalue weighted by Gasteiger charge is -2.33. The molecule has 0 fully saturated rings. The van der Waals surface area contributed by atoms with Crippen molar-refractivity contribution < 1.29 is 41.3 Å². The standard InChI is InChI=1S/C32H40FN3O8S/c1-8-21(2)34-32(38)22(3)35(19-23-9-11-24(33)12-10-23)31(37)20-36(27-17-25(41-4)13-15-28(27)42-5)45(39,40)26-14-16-29(43-6)30(18-26)44-7/h9-18,21-22H,8,19-20H2,1-7H3,(H,34,38)/t21-,22-/m1/s1. The second-order valence-electron chi connectivity index (χ2n) is 10.2. The van der Waals surface area contributed by atoms with E-state index in [1.807, 2.05) is 13.8 Å². The van der Waals surface area contributed by atoms with Crippen LogP contribution in [0.25, 0.3) is 0 Å². The van der Waals surface area contributed by atoms with E-state index >= 15 is 0 Å². The SMILES string of the molecule is CC[C@@H](C)NC(=O)[C@@H](C)N(Cc1ccc(F)cc1)C(=O)CN(c1cc(OC)ccc1OC)S(=O)(=O)c1ccc(OC)c(OC)c1. The number of carbonyl (C=O) groups excluding carboxylic acids is 2. The minimum Gasteiger partial charge on any atom is -0.497 e. The number of sulfonamides is 1. The van der Waals surface area contributed by atoms with Gasteiger partial charge in [-0.25, -0.2) is 12.8 Å². The molecule has 3 aromatic rings. The van der Waals surface area contributed by atoms with E-state index < -0.39 is 40.2 Å². The molecule has 0 aliphatic heterocycles. The van der Waals surface area contributed by atoms with Gasteiger partial charge in [0.05, 0.1) is 39.0 Å². The Morgan fingerprint density at radius 3 is 2.04 bits per heavy atom. The topological polar surface area (TPSA) is 124 Å². The number of nitrogens with zero attached hydrogens (tertiary/aromatic N) is 2. The van der Waals surface area contributed by atoms with Gasteiger partial charge in [-0.1, -0.05) is 19.1 Å². The van der Waals surface area contributed by atoms with Gasteiger partial charge in [0.25, 0.3) is 10.0 Å². The molecule has 0 heterocycles. The summed E-state index contributed by atoms with van der Waals surface area (Å²) in [5, 5.41) is 2.87. The Balaban J connectivity index is 2.16. The maximum Gasteiger partial charge on any atom is 0.265 e. The third-order valence-corrected chi connectivity index (χ3v) is 9.07. The number of hydrogen-bond acceptors (Lipinski definition) is 8. The van der Waals surface area contributed by atoms with Crippen LogP contribution in [0.3, 0.4) is 0 Å². The summed E-state index contributed by atoms with van der Waals surface area (Å²) in [5.74, 6) is -0.638. The largest absolute Gasteiger partial charge is 0.497 e. The zero-order valence-corrected chi connectivity index (χ0v) is 27.3. The summed E-state index contributed by atoms with van der Waals surface area (Å²) < 4.78 is 64.7. The second kappa shape index (κ2) is 15.5. The Labute approximate surface area is 263 Å². The fourth-order valence-electron chi connectivity index (χ4n) is 4.44. The number of nitrogens with one attached hydrogen (secondary N) is 1. The zero-order chi connectivity index (χ0) is 33.3. The van der Waals surface area contributed by atoms with Crippen molar-refractivity contribution in [2.24, 2.45) is 0 Å². The van der Waals surface area contributed by atoms with Crippen LogP contribution in [0, 0.1) is 5.82 Å². The monoisotopic (exact) mass is 645 g/mol. The first-order valence-electron chi connectivity index (χ1n) is 14.2. The van der Waals surface area contributed by atoms with Crippen molar-refractivity contribution in [1.82, 2.24) is 10.2 Å². The van der Waals surface area contributed by atoms with Crippen LogP contribution < -0.4 is 28.6 Å². The van der Waals surface area contributed by atoms with E-state index in [-0.39, 0.29) is 34.7 Å². The number of rotatable bonds is 15. The lowest BCUT2D eigenvalue weighted by molar-refractivity contribution is -0.139. The van der Waals surface area contributed by atoms with Gasteiger partial charge in [0.15, 0.2) is 11.5 Å². The van der Waals surface area contributed by atoms with Crippen LogP contribution >= 0.6 is 0 Å². The van der Waals surface area contributed by atoms with E-state index in [1.54, 1.807) is 13.0 Å². The average Bonchev–Trinajstić information content (AvgIpc) is 3.05. The quantitative estimate of drug-likeness (QED) is 0.258. The van der Waals surface area contributed by atoms with Crippen LogP contribution in [0.4, 0.5) is 10.1 Å². The molecule has 0 radical (unpaired) electrons. The van der Waals surface area contributed by atoms with Crippen molar-refractivity contribution in [1.29, 1.82) is 0 Å². The number of ether oxygens (including phenoxy) is 4. The number of halogens is 1. The first kappa shape index (κ1) is 35.0. The zero-order valence-electron chi connectivity index (χ0n) is 26.5. The van der Waals surface area contributed by atoms with Crippen LogP contribution in [0.15, 0.2) is 65.6 Å². The van der Waals surface area contributed by atoms with Crippen LogP contribution in [0.5, 0.6) is 23.0 Å². The molecule has 0 aliphatic carbocycles. The van der Waals surface area contributed by atoms with Gasteiger partial charge in [-0.2, -0.15) is 0 Å². The third kappa shape index (κ3) is 8.35. The number of carbonyl (C=O) groups is 2. The van der Waals surface area contributed by atoms with E-state index in [0.717, 1.165) is 4.31 Å². The van der Waals surface area contributed by atoms with Crippen molar-refractivity contribution >= 4 is 27.5 Å². The molecule has 3 rings (SSSR count). The van der Waals surface area contributed by atoms with Crippen LogP contribution in [0.2, 0.25) is 0 Å². The summed E-state index contributed by atoms with van der Waals surface area (Å²) in [6.45, 7) is 4.49. The Morgan fingerprint density at radius 2 is 1.47 bits per heavy atom. The highest BCUT2D eigenvalue weighted by Gasteiger charge is 2.35. The summed E-state index contributed by atoms with van der Waals surface area (Å²) in [6, 6.07) is 12.9. The van der Waals surface area contributed by atoms with E-state index in [1.165, 1.54) is 87.9 Å². The smallest absolute Gasteiger partial charge is 0.265 e. The van der Waals surface area contributed by atoms with E-state index in [4.69, 9.17) is 18.9 Å². The molecule has 0 aromatic heterocycles. The molecule has 11 nitrogen and oxygen atoms in total. The summed E-state index contributed by atoms with van der Waals surface area (Å²) in [7, 11) is 1.11. The lowest BCUT2D eigenvalue weighted by atomic mass is 10.1. The number of anilines is 1. The van der Waals surface area contributed by atoms with Gasteiger partial charge in [-0.3, -0.25) is 13.9 Å². The highest BCUT2D eigenvalue weighted by molar-refractivity contribution is 7.92. The van der Waals surface area contributed by atoms with Crippen molar-refractivity contribution in [3.05, 3.63) is 72.0 Å². The second-order valence-corrected chi connectivity index (χ2v) is 12.1. The van der Waals surface area contributed by atoms with Crippen molar-refractivity contribution in [3.8, 4) is 23.0 Å². The number of benzene rings is 3. The summed E-state index contributed by atoms with van der Waals surface area (Å²) in [6.07, 6.45) is 0.664. The predicted octanol–water partition coefficient (Wildman–Crippen LogP) is 4.39. The molecule has 0 aliphatic rings. The van der Waals surface area contributed by atoms with Gasteiger partial charge >= 0.3 is 0 Å². The van der Waals surface area contributed by atoms with Crippen LogP contribution in [0.1, 0.15) is 32.8 Å². The Bertz CT molecular complexity index is 1580. The molecule has 3 aromatic carbocycles. The summed E-state index contributed by atoms with van der Waals surface area (Å²) in [5.41, 5.74) is 0.569. The Kier molecular flexibility index (Phi) is 12.0. The molecule has 244 valence electrons. The lowest BCUT2D eigenvalue weighted by Crippen LogP contribution is -2.52. The molecule has 0 saturated heterocycles. The molecule has 0 spiro atoms. The van der Waals surface area contributed by atoms with Gasteiger partial charge in [-0.15, -0.1) is 0 Å². The first-order valence-corrected chi connectivity index (χ1v) is 15.6. The molecule has 45 heavy (non-hydrogen) atoms. The molecular weight excluding hydrogens is 605 g/mol. The minimum absolute atomic E-state index is 0.0263. The van der Waals surface area contributed by atoms with Gasteiger partial charge in [0.2, 0.25) is 11.8 Å². The summed E-state index contributed by atoms with van der Waals surface area (Å²) in [4.78, 5) is 28.5. The predicted molar refractivity (Wildman–Crippen MR) is 168 cm³/mol. The maximum atomic E-state index is 14.4. The van der Waals surface area contributed by atoms with Gasteiger partial charge in [-0.05, 0) is 62.2 Å². The fraction of sp³-hybridized carbons (Fsp3) is 0.375. The number of methoxy groups -OCH3 is 4. The average molecular weight is 646 g/mol. The van der Waals surface area contributed by atoms with Crippen molar-refractivity contribution in [3.63, 3.8) is 0 Å². The molecular formula is C32H40FN3O8S. The molecule has 13 heteroatoms. The number of amides is 2. The van der Waals surface area contributed by atoms with Gasteiger partial charge in [0, 0.05) is 24.7 Å². The van der Waals surface area contributed by atoms with Gasteiger partial charge in [0.1, 0.15) is 29.9 Å². The Morgan fingerprint density at radius 1 is 0.844 bits per heavy atom. The molecule has 1 N–H and O–H groups in total. The highest BCUT2D eigenvalue weighted by Crippen LogP contribution is 2.37. The van der Waals surface area contributed by atoms with Crippen LogP contribution in [-0.2, 0) is 26.2 Å². The van der Waals surface area contributed by atoms with Gasteiger partial charge < -0.3 is 29.2 Å². The maximum absolute atomic E-state index is 14.4. The van der Waals surface area contributed by atoms with E-state index in [9.17, 15) is 22.4 Å². The molecule has 0 bridgehead atoms. The molecule has 0 saturated carbocycles. The van der Waals surface area contributed by atoms with E-state index in [0.29, 0.717) is 23.5 Å². The van der Waals surface area contributed by atoms with Crippen molar-refractivity contribution in [2.75, 3.05) is 39.3 Å². The molecule has 0 unspecified atom stereocenters. The number of hydrogen-bond donors (Lipinski definition) is 1. The Hall–Kier alpha value is -4.52. The molecule has 2 amide bonds. The van der Waals surface area contributed by atoms with Crippen LogP contribution in [-0.4, -0.2) is 72.2 Å². The first-order chi connectivity index (χ1) is 21.4. The summed E-state index contributed by atoms with van der Waals surface area (Å²) >= 11 is 0. The molecule has 2 atom stereocenters.